The molecule has 2 amide bonds. The molecule has 0 spiro atoms. The van der Waals surface area contributed by atoms with Crippen molar-refractivity contribution in [3.8, 4) is 0 Å². The third kappa shape index (κ3) is 6.45. The predicted octanol–water partition coefficient (Wildman–Crippen LogP) is 6.04. The zero-order valence-corrected chi connectivity index (χ0v) is 22.4. The van der Waals surface area contributed by atoms with E-state index in [9.17, 15) is 4.79 Å². The summed E-state index contributed by atoms with van der Waals surface area (Å²) in [6.45, 7) is 11.6. The van der Waals surface area contributed by atoms with Crippen LogP contribution >= 0.6 is 8.58 Å². The molecular formula is C28H37N5OP+. The molecule has 1 fully saturated rings. The zero-order valence-electron chi connectivity index (χ0n) is 21.4. The van der Waals surface area contributed by atoms with Gasteiger partial charge in [-0.15, -0.1) is 0 Å². The molecule has 184 valence electrons. The Morgan fingerprint density at radius 3 is 2.83 bits per heavy atom. The van der Waals surface area contributed by atoms with Crippen LogP contribution in [0.2, 0.25) is 0 Å². The number of aliphatic imine (C=N–C) groups is 1. The lowest BCUT2D eigenvalue weighted by Crippen LogP contribution is -2.34. The van der Waals surface area contributed by atoms with Crippen LogP contribution in [0.3, 0.4) is 0 Å². The average Bonchev–Trinajstić information content (AvgIpc) is 3.66. The van der Waals surface area contributed by atoms with Crippen LogP contribution < -0.4 is 16.0 Å². The van der Waals surface area contributed by atoms with Gasteiger partial charge in [0.15, 0.2) is 5.70 Å². The fraction of sp³-hybridized carbons (Fsp3) is 0.393. The van der Waals surface area contributed by atoms with Crippen molar-refractivity contribution in [3.05, 3.63) is 76.0 Å². The van der Waals surface area contributed by atoms with Crippen molar-refractivity contribution in [2.24, 2.45) is 10.9 Å². The van der Waals surface area contributed by atoms with Crippen LogP contribution in [-0.2, 0) is 0 Å². The number of rotatable bonds is 9. The number of amides is 2. The van der Waals surface area contributed by atoms with E-state index < -0.39 is 0 Å². The average molecular weight is 491 g/mol. The molecule has 4 rings (SSSR count). The standard InChI is InChI=1S/C28H36N5OP/c1-6-9-23(14-18(3)19(4)21-12-13-21)31-28(34)32-24-11-8-10-22(15-24)20(5)30-26-16-29-25-17-33(7-2)27(25)35-26/h6,8-11,14-17,20-21,26,30,35H,7,12-13H2,1-5H3,(H-,31,32,34)/p+1/b9-6+,19-18+,23-14+. The van der Waals surface area contributed by atoms with Crippen LogP contribution in [-0.4, -0.2) is 35.4 Å². The number of carbonyl (C=O) groups is 1. The van der Waals surface area contributed by atoms with E-state index in [0.717, 1.165) is 29.2 Å². The lowest BCUT2D eigenvalue weighted by atomic mass is 10.1. The molecule has 6 nitrogen and oxygen atoms in total. The highest BCUT2D eigenvalue weighted by molar-refractivity contribution is 7.44. The Balaban J connectivity index is 1.35. The van der Waals surface area contributed by atoms with E-state index in [4.69, 9.17) is 0 Å². The molecule has 3 N–H and O–H groups in total. The molecule has 1 aliphatic carbocycles. The molecule has 1 aromatic rings. The summed E-state index contributed by atoms with van der Waals surface area (Å²) < 4.78 is 2.27. The second kappa shape index (κ2) is 11.3. The Labute approximate surface area is 210 Å². The van der Waals surface area contributed by atoms with Gasteiger partial charge in [-0.05, 0) is 88.8 Å². The smallest absolute Gasteiger partial charge is 0.308 e. The molecule has 3 unspecified atom stereocenters. The molecule has 0 saturated heterocycles. The van der Waals surface area contributed by atoms with Gasteiger partial charge in [0.05, 0.1) is 5.78 Å². The first kappa shape index (κ1) is 25.3. The molecule has 0 aromatic heterocycles. The number of anilines is 1. The molecule has 1 aromatic carbocycles. The topological polar surface area (TPSA) is 68.5 Å². The van der Waals surface area contributed by atoms with Gasteiger partial charge in [0.1, 0.15) is 6.54 Å². The van der Waals surface area contributed by atoms with Gasteiger partial charge in [0.2, 0.25) is 11.7 Å². The summed E-state index contributed by atoms with van der Waals surface area (Å²) in [6.07, 6.45) is 12.6. The van der Waals surface area contributed by atoms with Gasteiger partial charge in [-0.3, -0.25) is 5.32 Å². The number of hydrogen-bond donors (Lipinski definition) is 3. The van der Waals surface area contributed by atoms with Crippen molar-refractivity contribution in [3.63, 3.8) is 0 Å². The fourth-order valence-corrected chi connectivity index (χ4v) is 5.76. The summed E-state index contributed by atoms with van der Waals surface area (Å²) in [5, 5.41) is 9.66. The lowest BCUT2D eigenvalue weighted by Gasteiger charge is -2.25. The highest BCUT2D eigenvalue weighted by Crippen LogP contribution is 2.39. The van der Waals surface area contributed by atoms with E-state index in [1.807, 2.05) is 43.5 Å². The first-order chi connectivity index (χ1) is 16.9. The minimum atomic E-state index is -0.245. The first-order valence-corrected chi connectivity index (χ1v) is 13.6. The fourth-order valence-electron chi connectivity index (χ4n) is 4.31. The van der Waals surface area contributed by atoms with Gasteiger partial charge in [-0.1, -0.05) is 23.8 Å². The molecule has 35 heavy (non-hydrogen) atoms. The van der Waals surface area contributed by atoms with Gasteiger partial charge in [-0.2, -0.15) is 4.58 Å². The summed E-state index contributed by atoms with van der Waals surface area (Å²) in [4.78, 5) is 17.4. The summed E-state index contributed by atoms with van der Waals surface area (Å²) in [6, 6.07) is 7.90. The second-order valence-electron chi connectivity index (χ2n) is 9.38. The van der Waals surface area contributed by atoms with Crippen LogP contribution in [0, 0.1) is 5.92 Å². The van der Waals surface area contributed by atoms with E-state index in [1.54, 1.807) is 0 Å². The van der Waals surface area contributed by atoms with Crippen LogP contribution in [0.25, 0.3) is 0 Å². The van der Waals surface area contributed by atoms with Crippen molar-refractivity contribution in [1.29, 1.82) is 0 Å². The summed E-state index contributed by atoms with van der Waals surface area (Å²) in [7, 11) is 0.664. The SMILES string of the molecule is C/C=C/C(=C\C(C)=C(/C)C1CC1)NC(=O)Nc1cccc(C(C)NC2C=NC3=C(P2)[N+](CC)=C3)c1. The zero-order chi connectivity index (χ0) is 24.9. The number of urea groups is 1. The molecule has 1 saturated carbocycles. The van der Waals surface area contributed by atoms with Crippen molar-refractivity contribution in [1.82, 2.24) is 10.6 Å². The predicted molar refractivity (Wildman–Crippen MR) is 149 cm³/mol. The monoisotopic (exact) mass is 490 g/mol. The van der Waals surface area contributed by atoms with Gasteiger partial charge < -0.3 is 10.6 Å². The quantitative estimate of drug-likeness (QED) is 0.224. The lowest BCUT2D eigenvalue weighted by molar-refractivity contribution is -0.467. The minimum absolute atomic E-state index is 0.127. The van der Waals surface area contributed by atoms with E-state index >= 15 is 0 Å². The Kier molecular flexibility index (Phi) is 8.15. The molecule has 7 heteroatoms. The van der Waals surface area contributed by atoms with Gasteiger partial charge >= 0.3 is 6.03 Å². The van der Waals surface area contributed by atoms with E-state index in [0.29, 0.717) is 14.5 Å². The number of nitrogens with zero attached hydrogens (tertiary/aromatic N) is 2. The van der Waals surface area contributed by atoms with Crippen molar-refractivity contribution < 1.29 is 9.37 Å². The van der Waals surface area contributed by atoms with E-state index in [2.05, 4.69) is 71.6 Å². The van der Waals surface area contributed by atoms with Gasteiger partial charge in [-0.25, -0.2) is 9.79 Å². The van der Waals surface area contributed by atoms with Crippen LogP contribution in [0.1, 0.15) is 59.1 Å². The van der Waals surface area contributed by atoms with Crippen molar-refractivity contribution in [2.45, 2.75) is 59.3 Å². The maximum Gasteiger partial charge on any atom is 0.323 e. The Bertz CT molecular complexity index is 1170. The summed E-state index contributed by atoms with van der Waals surface area (Å²) in [5.41, 5.74) is 7.77. The number of hydrogen-bond acceptors (Lipinski definition) is 3. The van der Waals surface area contributed by atoms with Crippen LogP contribution in [0.5, 0.6) is 0 Å². The maximum atomic E-state index is 12.8. The highest BCUT2D eigenvalue weighted by Gasteiger charge is 2.33. The normalized spacial score (nSPS) is 21.9. The molecule has 2 aliphatic heterocycles. The number of allylic oxidation sites excluding steroid dienone is 6. The molecule has 0 radical (unpaired) electrons. The Morgan fingerprint density at radius 1 is 1.31 bits per heavy atom. The van der Waals surface area contributed by atoms with Crippen LogP contribution in [0.4, 0.5) is 10.5 Å². The molecule has 0 bridgehead atoms. The number of nitrogens with one attached hydrogen (secondary N) is 3. The molecule has 3 atom stereocenters. The summed E-state index contributed by atoms with van der Waals surface area (Å²) >= 11 is 0. The largest absolute Gasteiger partial charge is 0.323 e. The third-order valence-electron chi connectivity index (χ3n) is 6.67. The van der Waals surface area contributed by atoms with Gasteiger partial charge in [0, 0.05) is 32.2 Å². The molecule has 2 heterocycles. The highest BCUT2D eigenvalue weighted by atomic mass is 31.1. The second-order valence-corrected chi connectivity index (χ2v) is 10.8. The number of carbonyl (C=O) groups excluding carboxylic acids is 1. The van der Waals surface area contributed by atoms with Crippen LogP contribution in [0.15, 0.2) is 75.5 Å². The van der Waals surface area contributed by atoms with Crippen molar-refractivity contribution in [2.75, 3.05) is 11.9 Å². The Morgan fingerprint density at radius 2 is 2.11 bits per heavy atom. The molecule has 3 aliphatic rings. The number of benzene rings is 1. The Hall–Kier alpha value is -2.82. The van der Waals surface area contributed by atoms with Crippen molar-refractivity contribution >= 4 is 32.7 Å². The third-order valence-corrected chi connectivity index (χ3v) is 8.11. The van der Waals surface area contributed by atoms with Gasteiger partial charge in [0.25, 0.3) is 0 Å². The minimum Gasteiger partial charge on any atom is -0.308 e. The van der Waals surface area contributed by atoms with E-state index in [-0.39, 0.29) is 17.9 Å². The van der Waals surface area contributed by atoms with E-state index in [1.165, 1.54) is 29.4 Å². The summed E-state index contributed by atoms with van der Waals surface area (Å²) in [5.74, 6) is 0.928. The first-order valence-electron chi connectivity index (χ1n) is 12.5. The molecular weight excluding hydrogens is 453 g/mol. The maximum absolute atomic E-state index is 12.8.